The Morgan fingerprint density at radius 1 is 1.35 bits per heavy atom. The van der Waals surface area contributed by atoms with Crippen LogP contribution >= 0.6 is 0 Å². The van der Waals surface area contributed by atoms with Crippen molar-refractivity contribution in [3.63, 3.8) is 0 Å². The van der Waals surface area contributed by atoms with E-state index in [0.717, 1.165) is 18.7 Å². The average molecular weight is 278 g/mol. The molecule has 0 saturated carbocycles. The summed E-state index contributed by atoms with van der Waals surface area (Å²) in [5, 5.41) is 3.59. The molecular formula is C16H23FN2O. The van der Waals surface area contributed by atoms with Crippen molar-refractivity contribution in [2.75, 3.05) is 20.2 Å². The highest BCUT2D eigenvalue weighted by Crippen LogP contribution is 2.28. The molecule has 0 aromatic heterocycles. The molecule has 2 saturated heterocycles. The molecule has 20 heavy (non-hydrogen) atoms. The molecule has 2 heterocycles. The van der Waals surface area contributed by atoms with Gasteiger partial charge in [0.25, 0.3) is 0 Å². The van der Waals surface area contributed by atoms with E-state index in [1.165, 1.54) is 32.8 Å². The molecule has 1 aromatic rings. The van der Waals surface area contributed by atoms with Crippen LogP contribution in [0, 0.1) is 5.82 Å². The van der Waals surface area contributed by atoms with E-state index < -0.39 is 0 Å². The first kappa shape index (κ1) is 13.8. The highest BCUT2D eigenvalue weighted by Gasteiger charge is 2.33. The third-order valence-electron chi connectivity index (χ3n) is 4.61. The average Bonchev–Trinajstić information content (AvgIpc) is 3.11. The van der Waals surface area contributed by atoms with Gasteiger partial charge in [-0.25, -0.2) is 4.39 Å². The minimum atomic E-state index is -0.208. The quantitative estimate of drug-likeness (QED) is 0.916. The molecule has 3 rings (SSSR count). The molecule has 0 bridgehead atoms. The van der Waals surface area contributed by atoms with Crippen LogP contribution in [0.4, 0.5) is 4.39 Å². The first-order valence-electron chi connectivity index (χ1n) is 7.58. The van der Waals surface area contributed by atoms with Gasteiger partial charge in [-0.15, -0.1) is 0 Å². The smallest absolute Gasteiger partial charge is 0.169 e. The zero-order valence-corrected chi connectivity index (χ0v) is 12.1. The lowest BCUT2D eigenvalue weighted by Crippen LogP contribution is -2.43. The molecule has 2 atom stereocenters. The van der Waals surface area contributed by atoms with Crippen LogP contribution in [0.5, 0.6) is 5.75 Å². The molecular weight excluding hydrogens is 255 g/mol. The van der Waals surface area contributed by atoms with Crippen molar-refractivity contribution in [1.82, 2.24) is 10.2 Å². The first-order valence-corrected chi connectivity index (χ1v) is 7.58. The lowest BCUT2D eigenvalue weighted by atomic mass is 10.0. The number of nitrogens with one attached hydrogen (secondary N) is 1. The van der Waals surface area contributed by atoms with Crippen LogP contribution in [-0.2, 0) is 6.54 Å². The number of nitrogens with zero attached hydrogens (tertiary/aromatic N) is 1. The van der Waals surface area contributed by atoms with Gasteiger partial charge >= 0.3 is 0 Å². The molecule has 0 radical (unpaired) electrons. The van der Waals surface area contributed by atoms with Crippen molar-refractivity contribution in [3.8, 4) is 5.75 Å². The molecule has 1 aromatic carbocycles. The van der Waals surface area contributed by atoms with Crippen molar-refractivity contribution in [1.29, 1.82) is 0 Å². The number of methoxy groups -OCH3 is 1. The van der Waals surface area contributed by atoms with E-state index in [-0.39, 0.29) is 5.82 Å². The van der Waals surface area contributed by atoms with Crippen LogP contribution in [0.1, 0.15) is 31.2 Å². The number of ether oxygens (including phenoxy) is 1. The summed E-state index contributed by atoms with van der Waals surface area (Å²) in [6.07, 6.45) is 4.96. The third-order valence-corrected chi connectivity index (χ3v) is 4.61. The molecule has 2 unspecified atom stereocenters. The summed E-state index contributed by atoms with van der Waals surface area (Å²) < 4.78 is 19.3. The number of hydrogen-bond donors (Lipinski definition) is 1. The Bertz CT molecular complexity index is 460. The van der Waals surface area contributed by atoms with Crippen molar-refractivity contribution in [2.24, 2.45) is 0 Å². The number of likely N-dealkylation sites (tertiary alicyclic amines) is 1. The summed E-state index contributed by atoms with van der Waals surface area (Å²) in [5.41, 5.74) is 0.745. The predicted molar refractivity (Wildman–Crippen MR) is 77.4 cm³/mol. The Hall–Kier alpha value is -1.13. The van der Waals surface area contributed by atoms with Crippen molar-refractivity contribution in [3.05, 3.63) is 29.6 Å². The van der Waals surface area contributed by atoms with Crippen LogP contribution in [0.15, 0.2) is 18.2 Å². The maximum atomic E-state index is 14.3. The molecule has 0 aliphatic carbocycles. The second-order valence-electron chi connectivity index (χ2n) is 5.82. The van der Waals surface area contributed by atoms with Gasteiger partial charge in [0.15, 0.2) is 11.6 Å². The van der Waals surface area contributed by atoms with Gasteiger partial charge in [0.2, 0.25) is 0 Å². The predicted octanol–water partition coefficient (Wildman–Crippen LogP) is 2.55. The molecule has 2 fully saturated rings. The monoisotopic (exact) mass is 278 g/mol. The SMILES string of the molecule is COc1cccc(CN2CCCC2C2CCCN2)c1F. The van der Waals surface area contributed by atoms with E-state index in [0.29, 0.717) is 24.4 Å². The topological polar surface area (TPSA) is 24.5 Å². The molecule has 2 aliphatic rings. The van der Waals surface area contributed by atoms with Crippen LogP contribution in [0.2, 0.25) is 0 Å². The first-order chi connectivity index (χ1) is 9.79. The summed E-state index contributed by atoms with van der Waals surface area (Å²) in [6.45, 7) is 2.88. The molecule has 110 valence electrons. The highest BCUT2D eigenvalue weighted by molar-refractivity contribution is 5.31. The van der Waals surface area contributed by atoms with Gasteiger partial charge in [-0.05, 0) is 44.8 Å². The summed E-state index contributed by atoms with van der Waals surface area (Å²) in [7, 11) is 1.52. The van der Waals surface area contributed by atoms with E-state index in [4.69, 9.17) is 4.74 Å². The maximum absolute atomic E-state index is 14.3. The number of benzene rings is 1. The van der Waals surface area contributed by atoms with E-state index in [9.17, 15) is 4.39 Å². The largest absolute Gasteiger partial charge is 0.494 e. The van der Waals surface area contributed by atoms with Gasteiger partial charge in [-0.1, -0.05) is 12.1 Å². The Morgan fingerprint density at radius 3 is 3.00 bits per heavy atom. The third kappa shape index (κ3) is 2.67. The fraction of sp³-hybridized carbons (Fsp3) is 0.625. The van der Waals surface area contributed by atoms with E-state index in [2.05, 4.69) is 10.2 Å². The Kier molecular flexibility index (Phi) is 4.22. The van der Waals surface area contributed by atoms with Crippen LogP contribution in [-0.4, -0.2) is 37.2 Å². The summed E-state index contributed by atoms with van der Waals surface area (Å²) in [6, 6.07) is 6.57. The van der Waals surface area contributed by atoms with Gasteiger partial charge in [0.05, 0.1) is 7.11 Å². The molecule has 2 aliphatic heterocycles. The number of hydrogen-bond acceptors (Lipinski definition) is 3. The maximum Gasteiger partial charge on any atom is 0.169 e. The van der Waals surface area contributed by atoms with Gasteiger partial charge < -0.3 is 10.1 Å². The Balaban J connectivity index is 1.73. The van der Waals surface area contributed by atoms with E-state index >= 15 is 0 Å². The normalized spacial score (nSPS) is 27.1. The van der Waals surface area contributed by atoms with Crippen LogP contribution < -0.4 is 10.1 Å². The van der Waals surface area contributed by atoms with E-state index in [1.54, 1.807) is 6.07 Å². The zero-order valence-electron chi connectivity index (χ0n) is 12.1. The number of rotatable bonds is 4. The van der Waals surface area contributed by atoms with Gasteiger partial charge in [-0.3, -0.25) is 4.90 Å². The van der Waals surface area contributed by atoms with Crippen LogP contribution in [0.3, 0.4) is 0 Å². The molecule has 3 nitrogen and oxygen atoms in total. The lowest BCUT2D eigenvalue weighted by molar-refractivity contribution is 0.203. The fourth-order valence-electron chi connectivity index (χ4n) is 3.60. The molecule has 1 N–H and O–H groups in total. The van der Waals surface area contributed by atoms with Gasteiger partial charge in [-0.2, -0.15) is 0 Å². The minimum absolute atomic E-state index is 0.208. The van der Waals surface area contributed by atoms with Crippen molar-refractivity contribution < 1.29 is 9.13 Å². The Labute approximate surface area is 120 Å². The highest BCUT2D eigenvalue weighted by atomic mass is 19.1. The second-order valence-corrected chi connectivity index (χ2v) is 5.82. The Morgan fingerprint density at radius 2 is 2.25 bits per heavy atom. The fourth-order valence-corrected chi connectivity index (χ4v) is 3.60. The van der Waals surface area contributed by atoms with Gasteiger partial charge in [0.1, 0.15) is 0 Å². The molecule has 4 heteroatoms. The van der Waals surface area contributed by atoms with E-state index in [1.807, 2.05) is 12.1 Å². The van der Waals surface area contributed by atoms with Crippen molar-refractivity contribution in [2.45, 2.75) is 44.3 Å². The second kappa shape index (κ2) is 6.10. The van der Waals surface area contributed by atoms with Crippen molar-refractivity contribution >= 4 is 0 Å². The summed E-state index contributed by atoms with van der Waals surface area (Å²) in [4.78, 5) is 2.43. The van der Waals surface area contributed by atoms with Crippen LogP contribution in [0.25, 0.3) is 0 Å². The standard InChI is InChI=1S/C16H23FN2O/c1-20-15-8-2-5-12(16(15)17)11-19-10-4-7-14(19)13-6-3-9-18-13/h2,5,8,13-14,18H,3-4,6-7,9-11H2,1H3. The lowest BCUT2D eigenvalue weighted by Gasteiger charge is -2.29. The van der Waals surface area contributed by atoms with Gasteiger partial charge in [0, 0.05) is 24.2 Å². The minimum Gasteiger partial charge on any atom is -0.494 e. The molecule has 0 spiro atoms. The molecule has 0 amide bonds. The summed E-state index contributed by atoms with van der Waals surface area (Å²) in [5.74, 6) is 0.136. The summed E-state index contributed by atoms with van der Waals surface area (Å²) >= 11 is 0. The number of halogens is 1. The zero-order chi connectivity index (χ0) is 13.9.